The first-order valence-electron chi connectivity index (χ1n) is 14.6. The van der Waals surface area contributed by atoms with E-state index in [1.165, 1.54) is 57.6 Å². The fourth-order valence-electron chi connectivity index (χ4n) is 8.00. The fourth-order valence-corrected chi connectivity index (χ4v) is 12.1. The van der Waals surface area contributed by atoms with Gasteiger partial charge in [0.1, 0.15) is 12.4 Å². The van der Waals surface area contributed by atoms with Gasteiger partial charge in [0, 0.05) is 26.6 Å². The van der Waals surface area contributed by atoms with Gasteiger partial charge in [-0.1, -0.05) is 23.5 Å². The standard InChI is InChI=1S/C32H23F4N3O4S3/c33-15-6-8-17(9-7-15)39-28(41)23-18-12-19(24(23)29(39)42)26-22(18)25(20-5-2-10-44-20)27-30(45-26)38(31(43)46-27)13-21(40)37-16-4-1-3-14(11-16)32(34,35)36/h1-11,18-19,22-26H,12-13H2,(H,37,40). The topological polar surface area (TPSA) is 88.5 Å². The van der Waals surface area contributed by atoms with E-state index in [-0.39, 0.29) is 51.3 Å². The predicted octanol–water partition coefficient (Wildman–Crippen LogP) is 6.45. The number of hydrogen-bond donors (Lipinski definition) is 1. The molecule has 8 rings (SSSR count). The molecule has 1 N–H and O–H groups in total. The van der Waals surface area contributed by atoms with Gasteiger partial charge in [0.2, 0.25) is 17.7 Å². The zero-order valence-corrected chi connectivity index (χ0v) is 26.0. The van der Waals surface area contributed by atoms with Crippen molar-refractivity contribution in [3.05, 3.63) is 96.8 Å². The Hall–Kier alpha value is -3.75. The average molecular weight is 686 g/mol. The van der Waals surface area contributed by atoms with Crippen LogP contribution in [0.15, 0.2) is 75.9 Å². The Labute approximate surface area is 271 Å². The number of rotatable bonds is 5. The molecule has 4 aromatic rings. The summed E-state index contributed by atoms with van der Waals surface area (Å²) >= 11 is 4.05. The first kappa shape index (κ1) is 29.6. The molecule has 0 spiro atoms. The van der Waals surface area contributed by atoms with Gasteiger partial charge >= 0.3 is 11.0 Å². The van der Waals surface area contributed by atoms with E-state index in [1.807, 2.05) is 17.5 Å². The largest absolute Gasteiger partial charge is 0.416 e. The Morgan fingerprint density at radius 2 is 1.70 bits per heavy atom. The number of aromatic nitrogens is 1. The van der Waals surface area contributed by atoms with Gasteiger partial charge < -0.3 is 5.32 Å². The lowest BCUT2D eigenvalue weighted by Gasteiger charge is -2.42. The van der Waals surface area contributed by atoms with E-state index in [0.29, 0.717) is 17.1 Å². The highest BCUT2D eigenvalue weighted by Gasteiger charge is 2.70. The van der Waals surface area contributed by atoms with Crippen LogP contribution in [0, 0.1) is 35.4 Å². The highest BCUT2D eigenvalue weighted by molar-refractivity contribution is 8.00. The first-order valence-corrected chi connectivity index (χ1v) is 17.1. The van der Waals surface area contributed by atoms with E-state index in [9.17, 15) is 36.7 Å². The van der Waals surface area contributed by atoms with Crippen LogP contribution in [0.25, 0.3) is 0 Å². The highest BCUT2D eigenvalue weighted by atomic mass is 32.2. The molecular weight excluding hydrogens is 663 g/mol. The summed E-state index contributed by atoms with van der Waals surface area (Å²) in [5.74, 6) is -3.23. The van der Waals surface area contributed by atoms with E-state index in [1.54, 1.807) is 11.3 Å². The monoisotopic (exact) mass is 685 g/mol. The molecule has 4 heterocycles. The zero-order chi connectivity index (χ0) is 32.1. The SMILES string of the molecule is O=C(Cn1c2c(sc1=O)C(c1cccs1)C1C3CC(C1S2)C1C(=O)N(c2ccc(F)cc2)C(=O)C31)Nc1cccc(C(F)(F)F)c1. The second kappa shape index (κ2) is 10.6. The number of thiazole rings is 1. The molecule has 2 aromatic carbocycles. The number of benzene rings is 2. The molecule has 3 amide bonds. The van der Waals surface area contributed by atoms with Gasteiger partial charge in [-0.3, -0.25) is 28.6 Å². The number of fused-ring (bicyclic) bond motifs is 9. The van der Waals surface area contributed by atoms with Crippen LogP contribution in [0.2, 0.25) is 0 Å². The van der Waals surface area contributed by atoms with E-state index in [2.05, 4.69) is 5.32 Å². The van der Waals surface area contributed by atoms with E-state index in [4.69, 9.17) is 0 Å². The Morgan fingerprint density at radius 1 is 0.957 bits per heavy atom. The number of halogens is 4. The number of thioether (sulfide) groups is 1. The summed E-state index contributed by atoms with van der Waals surface area (Å²) in [5.41, 5.74) is -0.589. The Balaban J connectivity index is 1.13. The van der Waals surface area contributed by atoms with Crippen LogP contribution in [-0.2, 0) is 27.1 Å². The third-order valence-electron chi connectivity index (χ3n) is 9.66. The lowest BCUT2D eigenvalue weighted by atomic mass is 9.69. The highest BCUT2D eigenvalue weighted by Crippen LogP contribution is 2.69. The number of carbonyl (C=O) groups excluding carboxylic acids is 3. The summed E-state index contributed by atoms with van der Waals surface area (Å²) in [4.78, 5) is 56.8. The number of imide groups is 1. The summed E-state index contributed by atoms with van der Waals surface area (Å²) in [5, 5.41) is 4.95. The predicted molar refractivity (Wildman–Crippen MR) is 165 cm³/mol. The van der Waals surface area contributed by atoms with Crippen molar-refractivity contribution in [3.63, 3.8) is 0 Å². The van der Waals surface area contributed by atoms with Gasteiger partial charge in [0.05, 0.1) is 28.1 Å². The summed E-state index contributed by atoms with van der Waals surface area (Å²) in [6.07, 6.45) is -3.89. The number of amides is 3. The van der Waals surface area contributed by atoms with Crippen LogP contribution in [0.1, 0.15) is 27.7 Å². The maximum atomic E-state index is 13.8. The first-order chi connectivity index (χ1) is 22.0. The number of carbonyl (C=O) groups is 3. The van der Waals surface area contributed by atoms with E-state index < -0.39 is 41.8 Å². The van der Waals surface area contributed by atoms with Crippen molar-refractivity contribution in [1.29, 1.82) is 0 Å². The third kappa shape index (κ3) is 4.51. The molecule has 7 atom stereocenters. The quantitative estimate of drug-likeness (QED) is 0.193. The van der Waals surface area contributed by atoms with Gasteiger partial charge in [0.25, 0.3) is 0 Å². The van der Waals surface area contributed by atoms with Crippen molar-refractivity contribution in [3.8, 4) is 0 Å². The fraction of sp³-hybridized carbons (Fsp3) is 0.312. The molecule has 2 aliphatic carbocycles. The maximum Gasteiger partial charge on any atom is 0.416 e. The Morgan fingerprint density at radius 3 is 2.39 bits per heavy atom. The maximum absolute atomic E-state index is 13.8. The summed E-state index contributed by atoms with van der Waals surface area (Å²) < 4.78 is 54.6. The lowest BCUT2D eigenvalue weighted by Crippen LogP contribution is -2.43. The number of thiophene rings is 1. The van der Waals surface area contributed by atoms with Gasteiger partial charge in [-0.25, -0.2) is 4.39 Å². The van der Waals surface area contributed by atoms with Crippen molar-refractivity contribution < 1.29 is 31.9 Å². The molecular formula is C32H23F4N3O4S3. The summed E-state index contributed by atoms with van der Waals surface area (Å²) in [6, 6.07) is 13.6. The van der Waals surface area contributed by atoms with Crippen molar-refractivity contribution in [2.24, 2.45) is 29.6 Å². The van der Waals surface area contributed by atoms with Gasteiger partial charge in [-0.2, -0.15) is 13.2 Å². The summed E-state index contributed by atoms with van der Waals surface area (Å²) in [7, 11) is 0. The summed E-state index contributed by atoms with van der Waals surface area (Å²) in [6.45, 7) is -0.391. The number of nitrogens with zero attached hydrogens (tertiary/aromatic N) is 2. The number of alkyl halides is 3. The van der Waals surface area contributed by atoms with Crippen molar-refractivity contribution >= 4 is 63.5 Å². The number of anilines is 2. The minimum Gasteiger partial charge on any atom is -0.325 e. The molecule has 3 fully saturated rings. The molecule has 0 radical (unpaired) electrons. The number of hydrogen-bond acceptors (Lipinski definition) is 7. The Bertz CT molecular complexity index is 1960. The number of nitrogens with one attached hydrogen (secondary N) is 1. The molecule has 7 unspecified atom stereocenters. The van der Waals surface area contributed by atoms with Crippen LogP contribution in [0.5, 0.6) is 0 Å². The molecule has 2 aliphatic heterocycles. The molecule has 2 aromatic heterocycles. The normalized spacial score (nSPS) is 27.9. The van der Waals surface area contributed by atoms with Gasteiger partial charge in [-0.05, 0) is 78.1 Å². The third-order valence-corrected chi connectivity index (χ3v) is 13.4. The second-order valence-electron chi connectivity index (χ2n) is 12.0. The smallest absolute Gasteiger partial charge is 0.325 e. The van der Waals surface area contributed by atoms with Crippen LogP contribution in [-0.4, -0.2) is 27.5 Å². The van der Waals surface area contributed by atoms with Crippen LogP contribution >= 0.6 is 34.4 Å². The Kier molecular flexibility index (Phi) is 6.86. The molecule has 14 heteroatoms. The molecule has 2 saturated carbocycles. The van der Waals surface area contributed by atoms with Crippen LogP contribution in [0.4, 0.5) is 28.9 Å². The minimum atomic E-state index is -4.57. The zero-order valence-electron chi connectivity index (χ0n) is 23.6. The molecule has 4 aliphatic rings. The minimum absolute atomic E-state index is 0.0299. The molecule has 1 saturated heterocycles. The van der Waals surface area contributed by atoms with Gasteiger partial charge in [0.15, 0.2) is 0 Å². The second-order valence-corrected chi connectivity index (χ2v) is 15.1. The lowest BCUT2D eigenvalue weighted by molar-refractivity contribution is -0.137. The molecule has 46 heavy (non-hydrogen) atoms. The van der Waals surface area contributed by atoms with E-state index in [0.717, 1.165) is 33.2 Å². The van der Waals surface area contributed by atoms with E-state index >= 15 is 0 Å². The van der Waals surface area contributed by atoms with Crippen molar-refractivity contribution in [1.82, 2.24) is 4.57 Å². The van der Waals surface area contributed by atoms with Crippen molar-refractivity contribution in [2.45, 2.75) is 35.3 Å². The molecule has 2 bridgehead atoms. The molecule has 7 nitrogen and oxygen atoms in total. The molecule has 236 valence electrons. The van der Waals surface area contributed by atoms with Crippen molar-refractivity contribution in [2.75, 3.05) is 10.2 Å². The van der Waals surface area contributed by atoms with Crippen LogP contribution in [0.3, 0.4) is 0 Å². The van der Waals surface area contributed by atoms with Gasteiger partial charge in [-0.15, -0.1) is 23.1 Å². The average Bonchev–Trinajstić information content (AvgIpc) is 3.83. The van der Waals surface area contributed by atoms with Crippen LogP contribution < -0.4 is 15.1 Å².